The molecule has 1 aliphatic rings. The number of aromatic nitrogens is 2. The summed E-state index contributed by atoms with van der Waals surface area (Å²) in [5.41, 5.74) is 1.24. The van der Waals surface area contributed by atoms with E-state index in [4.69, 9.17) is 0 Å². The number of carbonyl (C=O) groups is 1. The molecular formula is C23H24F3N5OS. The number of thiazole rings is 1. The normalized spacial score (nSPS) is 15.0. The van der Waals surface area contributed by atoms with Crippen molar-refractivity contribution < 1.29 is 18.0 Å². The molecule has 3 aromatic rings. The van der Waals surface area contributed by atoms with Crippen LogP contribution in [-0.4, -0.2) is 54.0 Å². The van der Waals surface area contributed by atoms with Crippen molar-refractivity contribution in [3.8, 4) is 10.6 Å². The number of piperazine rings is 1. The van der Waals surface area contributed by atoms with Crippen LogP contribution in [0.3, 0.4) is 0 Å². The minimum absolute atomic E-state index is 0.272. The molecule has 174 valence electrons. The zero-order chi connectivity index (χ0) is 23.6. The van der Waals surface area contributed by atoms with Gasteiger partial charge in [0.05, 0.1) is 11.3 Å². The molecule has 0 radical (unpaired) electrons. The van der Waals surface area contributed by atoms with Crippen molar-refractivity contribution in [1.82, 2.24) is 20.2 Å². The molecule has 10 heteroatoms. The zero-order valence-corrected chi connectivity index (χ0v) is 19.1. The summed E-state index contributed by atoms with van der Waals surface area (Å²) in [7, 11) is 2.11. The lowest BCUT2D eigenvalue weighted by molar-refractivity contribution is -0.137. The van der Waals surface area contributed by atoms with Crippen LogP contribution in [0.5, 0.6) is 0 Å². The summed E-state index contributed by atoms with van der Waals surface area (Å²) < 4.78 is 38.3. The Morgan fingerprint density at radius 1 is 1.09 bits per heavy atom. The maximum atomic E-state index is 12.8. The molecule has 2 aromatic heterocycles. The van der Waals surface area contributed by atoms with Gasteiger partial charge < -0.3 is 15.1 Å². The van der Waals surface area contributed by atoms with Crippen LogP contribution in [0.2, 0.25) is 0 Å². The highest BCUT2D eigenvalue weighted by molar-refractivity contribution is 7.17. The van der Waals surface area contributed by atoms with E-state index in [1.807, 2.05) is 12.1 Å². The largest absolute Gasteiger partial charge is 0.416 e. The average molecular weight is 476 g/mol. The Morgan fingerprint density at radius 3 is 2.39 bits per heavy atom. The first kappa shape index (κ1) is 23.2. The molecule has 0 unspecified atom stereocenters. The van der Waals surface area contributed by atoms with Crippen LogP contribution in [-0.2, 0) is 12.7 Å². The number of aryl methyl sites for hydroxylation is 1. The Hall–Kier alpha value is -2.98. The van der Waals surface area contributed by atoms with Crippen molar-refractivity contribution in [2.75, 3.05) is 38.1 Å². The van der Waals surface area contributed by atoms with Crippen molar-refractivity contribution >= 4 is 23.1 Å². The van der Waals surface area contributed by atoms with Crippen molar-refractivity contribution in [3.63, 3.8) is 0 Å². The summed E-state index contributed by atoms with van der Waals surface area (Å²) in [6.45, 7) is 5.91. The molecule has 1 aromatic carbocycles. The first-order valence-corrected chi connectivity index (χ1v) is 11.3. The quantitative estimate of drug-likeness (QED) is 0.599. The molecule has 1 amide bonds. The lowest BCUT2D eigenvalue weighted by Gasteiger charge is -2.33. The van der Waals surface area contributed by atoms with E-state index < -0.39 is 11.7 Å². The standard InChI is InChI=1S/C23H24F3N5OS/c1-15-20(33-22(29-15)17-4-6-18(7-5-17)23(24,25)26)21(32)28-14-16-3-8-19(27-13-16)31-11-9-30(2)10-12-31/h3-8,13H,9-12,14H2,1-2H3,(H,28,32). The first-order chi connectivity index (χ1) is 15.7. The van der Waals surface area contributed by atoms with E-state index in [0.717, 1.165) is 61.0 Å². The molecule has 6 nitrogen and oxygen atoms in total. The topological polar surface area (TPSA) is 61.4 Å². The fraction of sp³-hybridized carbons (Fsp3) is 0.348. The Labute approximate surface area is 194 Å². The molecule has 3 heterocycles. The Balaban J connectivity index is 1.37. The maximum Gasteiger partial charge on any atom is 0.416 e. The molecule has 0 aliphatic carbocycles. The minimum Gasteiger partial charge on any atom is -0.354 e. The molecule has 0 spiro atoms. The average Bonchev–Trinajstić information content (AvgIpc) is 3.19. The van der Waals surface area contributed by atoms with Gasteiger partial charge in [0.15, 0.2) is 0 Å². The number of anilines is 1. The number of likely N-dealkylation sites (N-methyl/N-ethyl adjacent to an activating group) is 1. The highest BCUT2D eigenvalue weighted by atomic mass is 32.1. The SMILES string of the molecule is Cc1nc(-c2ccc(C(F)(F)F)cc2)sc1C(=O)NCc1ccc(N2CCN(C)CC2)nc1. The zero-order valence-electron chi connectivity index (χ0n) is 18.3. The summed E-state index contributed by atoms with van der Waals surface area (Å²) in [6, 6.07) is 8.70. The maximum absolute atomic E-state index is 12.8. The fourth-order valence-electron chi connectivity index (χ4n) is 3.54. The number of benzene rings is 1. The van der Waals surface area contributed by atoms with E-state index >= 15 is 0 Å². The number of nitrogens with zero attached hydrogens (tertiary/aromatic N) is 4. The van der Waals surface area contributed by atoms with E-state index in [-0.39, 0.29) is 5.91 Å². The van der Waals surface area contributed by atoms with Gasteiger partial charge in [-0.15, -0.1) is 11.3 Å². The van der Waals surface area contributed by atoms with Crippen LogP contribution in [0.1, 0.15) is 26.5 Å². The minimum atomic E-state index is -4.39. The van der Waals surface area contributed by atoms with Crippen LogP contribution in [0.15, 0.2) is 42.6 Å². The summed E-state index contributed by atoms with van der Waals surface area (Å²) >= 11 is 1.16. The number of alkyl halides is 3. The van der Waals surface area contributed by atoms with Crippen LogP contribution in [0.4, 0.5) is 19.0 Å². The van der Waals surface area contributed by atoms with E-state index in [1.54, 1.807) is 13.1 Å². The third kappa shape index (κ3) is 5.51. The van der Waals surface area contributed by atoms with E-state index in [2.05, 4.69) is 32.1 Å². The molecule has 1 aliphatic heterocycles. The molecule has 4 rings (SSSR count). The van der Waals surface area contributed by atoms with Gasteiger partial charge in [-0.05, 0) is 37.7 Å². The number of hydrogen-bond donors (Lipinski definition) is 1. The summed E-state index contributed by atoms with van der Waals surface area (Å²) in [5, 5.41) is 3.38. The smallest absolute Gasteiger partial charge is 0.354 e. The van der Waals surface area contributed by atoms with Gasteiger partial charge in [-0.25, -0.2) is 9.97 Å². The van der Waals surface area contributed by atoms with Crippen molar-refractivity contribution in [3.05, 3.63) is 64.3 Å². The third-order valence-electron chi connectivity index (χ3n) is 5.55. The summed E-state index contributed by atoms with van der Waals surface area (Å²) in [5.74, 6) is 0.656. The molecular weight excluding hydrogens is 451 g/mol. The third-order valence-corrected chi connectivity index (χ3v) is 6.76. The second-order valence-corrected chi connectivity index (χ2v) is 9.01. The summed E-state index contributed by atoms with van der Waals surface area (Å²) in [4.78, 5) is 26.6. The highest BCUT2D eigenvalue weighted by Crippen LogP contribution is 2.33. The fourth-order valence-corrected chi connectivity index (χ4v) is 4.53. The van der Waals surface area contributed by atoms with Crippen molar-refractivity contribution in [2.24, 2.45) is 0 Å². The van der Waals surface area contributed by atoms with Gasteiger partial charge in [0, 0.05) is 44.5 Å². The predicted molar refractivity (Wildman–Crippen MR) is 122 cm³/mol. The number of pyridine rings is 1. The number of hydrogen-bond acceptors (Lipinski definition) is 6. The number of amides is 1. The lowest BCUT2D eigenvalue weighted by Crippen LogP contribution is -2.44. The van der Waals surface area contributed by atoms with Gasteiger partial charge in [0.25, 0.3) is 5.91 Å². The van der Waals surface area contributed by atoms with Crippen molar-refractivity contribution in [2.45, 2.75) is 19.6 Å². The van der Waals surface area contributed by atoms with E-state index in [0.29, 0.717) is 27.7 Å². The molecule has 33 heavy (non-hydrogen) atoms. The highest BCUT2D eigenvalue weighted by Gasteiger charge is 2.30. The molecule has 0 saturated carbocycles. The first-order valence-electron chi connectivity index (χ1n) is 10.5. The van der Waals surface area contributed by atoms with Gasteiger partial charge in [-0.1, -0.05) is 18.2 Å². The molecule has 1 N–H and O–H groups in total. The van der Waals surface area contributed by atoms with Gasteiger partial charge in [-0.3, -0.25) is 4.79 Å². The summed E-state index contributed by atoms with van der Waals surface area (Å²) in [6.07, 6.45) is -2.62. The van der Waals surface area contributed by atoms with Crippen LogP contribution >= 0.6 is 11.3 Å². The number of carbonyl (C=O) groups excluding carboxylic acids is 1. The molecule has 0 bridgehead atoms. The second kappa shape index (κ2) is 9.48. The molecule has 1 saturated heterocycles. The number of nitrogens with one attached hydrogen (secondary N) is 1. The van der Waals surface area contributed by atoms with Crippen LogP contribution in [0, 0.1) is 6.92 Å². The molecule has 0 atom stereocenters. The van der Waals surface area contributed by atoms with Gasteiger partial charge in [-0.2, -0.15) is 13.2 Å². The Kier molecular flexibility index (Phi) is 6.66. The number of rotatable bonds is 5. The van der Waals surface area contributed by atoms with Crippen molar-refractivity contribution in [1.29, 1.82) is 0 Å². The predicted octanol–water partition coefficient (Wildman–Crippen LogP) is 4.21. The second-order valence-electron chi connectivity index (χ2n) is 8.01. The number of halogens is 3. The molecule has 1 fully saturated rings. The van der Waals surface area contributed by atoms with E-state index in [1.165, 1.54) is 12.1 Å². The van der Waals surface area contributed by atoms with Crippen LogP contribution < -0.4 is 10.2 Å². The monoisotopic (exact) mass is 475 g/mol. The van der Waals surface area contributed by atoms with Gasteiger partial charge >= 0.3 is 6.18 Å². The van der Waals surface area contributed by atoms with Gasteiger partial charge in [0.1, 0.15) is 15.7 Å². The van der Waals surface area contributed by atoms with Crippen LogP contribution in [0.25, 0.3) is 10.6 Å². The lowest BCUT2D eigenvalue weighted by atomic mass is 10.1. The Morgan fingerprint density at radius 2 is 1.79 bits per heavy atom. The van der Waals surface area contributed by atoms with E-state index in [9.17, 15) is 18.0 Å². The Bertz CT molecular complexity index is 1100. The van der Waals surface area contributed by atoms with Gasteiger partial charge in [0.2, 0.25) is 0 Å².